The highest BCUT2D eigenvalue weighted by Gasteiger charge is 2.13. The molecule has 0 radical (unpaired) electrons. The van der Waals surface area contributed by atoms with Crippen LogP contribution in [-0.2, 0) is 6.61 Å². The van der Waals surface area contributed by atoms with Gasteiger partial charge in [0.25, 0.3) is 5.91 Å². The summed E-state index contributed by atoms with van der Waals surface area (Å²) in [5.41, 5.74) is 2.11. The van der Waals surface area contributed by atoms with Gasteiger partial charge >= 0.3 is 0 Å². The third kappa shape index (κ3) is 4.83. The topological polar surface area (TPSA) is 56.8 Å². The van der Waals surface area contributed by atoms with Gasteiger partial charge in [-0.2, -0.15) is 0 Å². The van der Waals surface area contributed by atoms with E-state index in [4.69, 9.17) is 14.2 Å². The lowest BCUT2D eigenvalue weighted by Crippen LogP contribution is -2.13. The molecule has 0 heterocycles. The number of fused-ring (bicyclic) bond motifs is 1. The summed E-state index contributed by atoms with van der Waals surface area (Å²) in [5, 5.41) is 5.10. The molecule has 0 saturated heterocycles. The molecule has 4 aromatic carbocycles. The molecule has 1 amide bonds. The molecule has 162 valence electrons. The van der Waals surface area contributed by atoms with Crippen molar-refractivity contribution in [2.75, 3.05) is 19.0 Å². The fourth-order valence-corrected chi connectivity index (χ4v) is 3.49. The molecule has 5 heteroatoms. The molecule has 5 nitrogen and oxygen atoms in total. The number of amides is 1. The Kier molecular flexibility index (Phi) is 6.56. The average Bonchev–Trinajstić information content (AvgIpc) is 2.84. The zero-order chi connectivity index (χ0) is 22.3. The lowest BCUT2D eigenvalue weighted by molar-refractivity contribution is 0.102. The quantitative estimate of drug-likeness (QED) is 0.370. The summed E-state index contributed by atoms with van der Waals surface area (Å²) in [6.07, 6.45) is 0. The van der Waals surface area contributed by atoms with E-state index in [0.29, 0.717) is 23.7 Å². The van der Waals surface area contributed by atoms with Crippen LogP contribution in [0.5, 0.6) is 17.2 Å². The van der Waals surface area contributed by atoms with Crippen molar-refractivity contribution in [3.63, 3.8) is 0 Å². The van der Waals surface area contributed by atoms with Gasteiger partial charge in [0.15, 0.2) is 0 Å². The van der Waals surface area contributed by atoms with Crippen molar-refractivity contribution in [3.05, 3.63) is 96.1 Å². The predicted molar refractivity (Wildman–Crippen MR) is 127 cm³/mol. The van der Waals surface area contributed by atoms with Crippen molar-refractivity contribution in [1.29, 1.82) is 0 Å². The normalized spacial score (nSPS) is 10.6. The van der Waals surface area contributed by atoms with Crippen LogP contribution in [0, 0.1) is 0 Å². The molecule has 0 aliphatic carbocycles. The number of benzene rings is 4. The number of rotatable bonds is 8. The number of ether oxygens (including phenoxy) is 3. The van der Waals surface area contributed by atoms with Crippen LogP contribution in [0.2, 0.25) is 0 Å². The van der Waals surface area contributed by atoms with Crippen LogP contribution in [0.15, 0.2) is 84.9 Å². The average molecular weight is 428 g/mol. The Bertz CT molecular complexity index is 1210. The first kappa shape index (κ1) is 21.2. The minimum Gasteiger partial charge on any atom is -0.497 e. The van der Waals surface area contributed by atoms with Gasteiger partial charge in [0.1, 0.15) is 23.9 Å². The molecule has 0 spiro atoms. The molecule has 4 rings (SSSR count). The molecule has 0 aliphatic rings. The molecule has 0 bridgehead atoms. The lowest BCUT2D eigenvalue weighted by Gasteiger charge is -2.14. The van der Waals surface area contributed by atoms with Gasteiger partial charge in [0.2, 0.25) is 0 Å². The molecule has 0 atom stereocenters. The summed E-state index contributed by atoms with van der Waals surface area (Å²) in [6.45, 7) is 2.73. The maximum Gasteiger partial charge on any atom is 0.255 e. The first-order valence-electron chi connectivity index (χ1n) is 10.5. The van der Waals surface area contributed by atoms with Gasteiger partial charge in [0, 0.05) is 22.2 Å². The number of methoxy groups -OCH3 is 1. The molecule has 32 heavy (non-hydrogen) atoms. The van der Waals surface area contributed by atoms with Crippen molar-refractivity contribution in [2.24, 2.45) is 0 Å². The second-order valence-corrected chi connectivity index (χ2v) is 7.20. The Labute approximate surface area is 187 Å². The molecule has 4 aromatic rings. The Hall–Kier alpha value is -3.99. The zero-order valence-electron chi connectivity index (χ0n) is 18.1. The van der Waals surface area contributed by atoms with Crippen molar-refractivity contribution in [3.8, 4) is 17.2 Å². The summed E-state index contributed by atoms with van der Waals surface area (Å²) in [5.74, 6) is 1.98. The van der Waals surface area contributed by atoms with Crippen LogP contribution in [-0.4, -0.2) is 19.6 Å². The van der Waals surface area contributed by atoms with Crippen molar-refractivity contribution in [1.82, 2.24) is 0 Å². The van der Waals surface area contributed by atoms with E-state index in [1.807, 2.05) is 85.8 Å². The monoisotopic (exact) mass is 427 g/mol. The number of hydrogen-bond acceptors (Lipinski definition) is 4. The smallest absolute Gasteiger partial charge is 0.255 e. The second kappa shape index (κ2) is 9.88. The summed E-state index contributed by atoms with van der Waals surface area (Å²) in [4.78, 5) is 13.0. The van der Waals surface area contributed by atoms with E-state index in [1.54, 1.807) is 13.2 Å². The van der Waals surface area contributed by atoms with Crippen LogP contribution in [0.25, 0.3) is 10.8 Å². The fourth-order valence-electron chi connectivity index (χ4n) is 3.49. The number of anilines is 1. The molecule has 0 fully saturated rings. The summed E-state index contributed by atoms with van der Waals surface area (Å²) >= 11 is 0. The summed E-state index contributed by atoms with van der Waals surface area (Å²) < 4.78 is 16.8. The van der Waals surface area contributed by atoms with E-state index in [0.717, 1.165) is 27.8 Å². The summed E-state index contributed by atoms with van der Waals surface area (Å²) in [7, 11) is 1.62. The van der Waals surface area contributed by atoms with E-state index in [9.17, 15) is 4.79 Å². The second-order valence-electron chi connectivity index (χ2n) is 7.20. The highest BCUT2D eigenvalue weighted by molar-refractivity contribution is 6.09. The maximum atomic E-state index is 13.0. The van der Waals surface area contributed by atoms with Crippen LogP contribution in [0.3, 0.4) is 0 Å². The molecule has 0 aromatic heterocycles. The largest absolute Gasteiger partial charge is 0.497 e. The zero-order valence-corrected chi connectivity index (χ0v) is 18.1. The van der Waals surface area contributed by atoms with Crippen LogP contribution < -0.4 is 19.5 Å². The maximum absolute atomic E-state index is 13.0. The van der Waals surface area contributed by atoms with Gasteiger partial charge in [-0.15, -0.1) is 0 Å². The predicted octanol–water partition coefficient (Wildman–Crippen LogP) is 6.08. The lowest BCUT2D eigenvalue weighted by atomic mass is 10.1. The molecule has 0 saturated carbocycles. The van der Waals surface area contributed by atoms with Crippen molar-refractivity contribution in [2.45, 2.75) is 13.5 Å². The molecular weight excluding hydrogens is 402 g/mol. The molecule has 1 N–H and O–H groups in total. The minimum absolute atomic E-state index is 0.185. The van der Waals surface area contributed by atoms with E-state index in [1.165, 1.54) is 0 Å². The Morgan fingerprint density at radius 2 is 1.59 bits per heavy atom. The summed E-state index contributed by atoms with van der Waals surface area (Å²) in [6, 6.07) is 26.6. The first-order chi connectivity index (χ1) is 15.7. The Morgan fingerprint density at radius 3 is 2.38 bits per heavy atom. The fraction of sp³-hybridized carbons (Fsp3) is 0.148. The van der Waals surface area contributed by atoms with Crippen LogP contribution in [0.1, 0.15) is 22.8 Å². The van der Waals surface area contributed by atoms with Gasteiger partial charge in [-0.1, -0.05) is 36.4 Å². The van der Waals surface area contributed by atoms with Gasteiger partial charge in [-0.25, -0.2) is 0 Å². The SMILES string of the molecule is CCOc1ccc(C(=O)Nc2cccc3ccccc23)cc1COc1ccc(OC)cc1. The number of carbonyl (C=O) groups excluding carboxylic acids is 1. The van der Waals surface area contributed by atoms with Gasteiger partial charge in [0.05, 0.1) is 13.7 Å². The van der Waals surface area contributed by atoms with E-state index in [2.05, 4.69) is 5.32 Å². The van der Waals surface area contributed by atoms with Crippen molar-refractivity contribution < 1.29 is 19.0 Å². The molecule has 0 unspecified atom stereocenters. The standard InChI is InChI=1S/C27H25NO4/c1-3-31-26-16-11-20(17-21(26)18-32-23-14-12-22(30-2)13-15-23)27(29)28-25-10-6-8-19-7-4-5-9-24(19)25/h4-17H,3,18H2,1-2H3,(H,28,29). The number of nitrogens with one attached hydrogen (secondary N) is 1. The highest BCUT2D eigenvalue weighted by Crippen LogP contribution is 2.26. The first-order valence-corrected chi connectivity index (χ1v) is 10.5. The van der Waals surface area contributed by atoms with E-state index >= 15 is 0 Å². The van der Waals surface area contributed by atoms with Crippen LogP contribution >= 0.6 is 0 Å². The highest BCUT2D eigenvalue weighted by atomic mass is 16.5. The number of hydrogen-bond donors (Lipinski definition) is 1. The van der Waals surface area contributed by atoms with Gasteiger partial charge < -0.3 is 19.5 Å². The Morgan fingerprint density at radius 1 is 0.844 bits per heavy atom. The van der Waals surface area contributed by atoms with E-state index < -0.39 is 0 Å². The Balaban J connectivity index is 1.55. The van der Waals surface area contributed by atoms with E-state index in [-0.39, 0.29) is 12.5 Å². The van der Waals surface area contributed by atoms with Gasteiger partial charge in [-0.3, -0.25) is 4.79 Å². The van der Waals surface area contributed by atoms with Crippen LogP contribution in [0.4, 0.5) is 5.69 Å². The molecular formula is C27H25NO4. The molecule has 0 aliphatic heterocycles. The minimum atomic E-state index is -0.185. The third-order valence-corrected chi connectivity index (χ3v) is 5.11. The number of carbonyl (C=O) groups is 1. The van der Waals surface area contributed by atoms with Crippen molar-refractivity contribution >= 4 is 22.4 Å². The third-order valence-electron chi connectivity index (χ3n) is 5.11. The van der Waals surface area contributed by atoms with Gasteiger partial charge in [-0.05, 0) is 60.8 Å².